The molecule has 0 spiro atoms. The van der Waals surface area contributed by atoms with E-state index in [1.165, 1.54) is 0 Å². The van der Waals surface area contributed by atoms with Gasteiger partial charge in [0.1, 0.15) is 5.75 Å². The van der Waals surface area contributed by atoms with Crippen LogP contribution in [0.5, 0.6) is 5.75 Å². The van der Waals surface area contributed by atoms with Gasteiger partial charge in [-0.25, -0.2) is 0 Å². The monoisotopic (exact) mass is 253 g/mol. The number of phenolic OH excluding ortho intramolecular Hbond substituents is 1. The molecule has 1 heterocycles. The molecule has 88 valence electrons. The van der Waals surface area contributed by atoms with Crippen molar-refractivity contribution in [2.75, 3.05) is 0 Å². The maximum Gasteiger partial charge on any atom is 0.130 e. The van der Waals surface area contributed by atoms with Crippen molar-refractivity contribution in [3.05, 3.63) is 60.9 Å². The summed E-state index contributed by atoms with van der Waals surface area (Å²) in [4.78, 5) is 5.95. The van der Waals surface area contributed by atoms with Gasteiger partial charge in [0.25, 0.3) is 0 Å². The second-order valence-corrected chi connectivity index (χ2v) is 5.00. The highest BCUT2D eigenvalue weighted by Crippen LogP contribution is 2.39. The summed E-state index contributed by atoms with van der Waals surface area (Å²) in [5.74, 6) is 0.315. The van der Waals surface area contributed by atoms with Crippen molar-refractivity contribution < 1.29 is 5.11 Å². The molecule has 0 atom stereocenters. The van der Waals surface area contributed by atoms with E-state index in [4.69, 9.17) is 0 Å². The van der Waals surface area contributed by atoms with Gasteiger partial charge in [0.2, 0.25) is 0 Å². The average Bonchev–Trinajstić information content (AvgIpc) is 2.43. The SMILES string of the molecule is Oc1ccc2ccccc2c1Sc1ccncc1. The van der Waals surface area contributed by atoms with Crippen molar-refractivity contribution in [2.45, 2.75) is 9.79 Å². The molecule has 0 aliphatic carbocycles. The first-order valence-corrected chi connectivity index (χ1v) is 6.45. The van der Waals surface area contributed by atoms with Gasteiger partial charge in [0.15, 0.2) is 0 Å². The molecular weight excluding hydrogens is 242 g/mol. The number of aromatic nitrogens is 1. The van der Waals surface area contributed by atoms with Crippen molar-refractivity contribution in [1.29, 1.82) is 0 Å². The molecular formula is C15H11NOS. The maximum absolute atomic E-state index is 10.0. The standard InChI is InChI=1S/C15H11NOS/c17-14-6-5-11-3-1-2-4-13(11)15(14)18-12-7-9-16-10-8-12/h1-10,17H. The number of aromatic hydroxyl groups is 1. The molecule has 3 aromatic rings. The molecule has 0 unspecified atom stereocenters. The smallest absolute Gasteiger partial charge is 0.130 e. The molecule has 0 fully saturated rings. The number of hydrogen-bond donors (Lipinski definition) is 1. The normalized spacial score (nSPS) is 10.7. The Bertz CT molecular complexity index is 682. The number of benzene rings is 2. The van der Waals surface area contributed by atoms with Gasteiger partial charge >= 0.3 is 0 Å². The quantitative estimate of drug-likeness (QED) is 0.746. The van der Waals surface area contributed by atoms with Crippen molar-refractivity contribution in [3.63, 3.8) is 0 Å². The van der Waals surface area contributed by atoms with Crippen LogP contribution in [0.2, 0.25) is 0 Å². The molecule has 0 amide bonds. The highest BCUT2D eigenvalue weighted by molar-refractivity contribution is 7.99. The van der Waals surface area contributed by atoms with Crippen LogP contribution in [0.15, 0.2) is 70.7 Å². The van der Waals surface area contributed by atoms with Crippen LogP contribution in [-0.2, 0) is 0 Å². The first-order chi connectivity index (χ1) is 8.84. The lowest BCUT2D eigenvalue weighted by Gasteiger charge is -2.08. The molecule has 0 bridgehead atoms. The fraction of sp³-hybridized carbons (Fsp3) is 0. The summed E-state index contributed by atoms with van der Waals surface area (Å²) in [6.07, 6.45) is 3.51. The highest BCUT2D eigenvalue weighted by Gasteiger charge is 2.08. The largest absolute Gasteiger partial charge is 0.507 e. The fourth-order valence-corrected chi connectivity index (χ4v) is 2.82. The minimum Gasteiger partial charge on any atom is -0.507 e. The topological polar surface area (TPSA) is 33.1 Å². The van der Waals surface area contributed by atoms with E-state index < -0.39 is 0 Å². The average molecular weight is 253 g/mol. The molecule has 2 nitrogen and oxygen atoms in total. The van der Waals surface area contributed by atoms with Crippen molar-refractivity contribution in [1.82, 2.24) is 4.98 Å². The fourth-order valence-electron chi connectivity index (χ4n) is 1.86. The molecule has 1 N–H and O–H groups in total. The Labute approximate surface area is 109 Å². The zero-order chi connectivity index (χ0) is 12.4. The van der Waals surface area contributed by atoms with Crippen molar-refractivity contribution >= 4 is 22.5 Å². The third-order valence-electron chi connectivity index (χ3n) is 2.73. The van der Waals surface area contributed by atoms with Crippen LogP contribution >= 0.6 is 11.8 Å². The van der Waals surface area contributed by atoms with Crippen LogP contribution in [0.4, 0.5) is 0 Å². The summed E-state index contributed by atoms with van der Waals surface area (Å²) in [6, 6.07) is 15.6. The Morgan fingerprint density at radius 3 is 2.50 bits per heavy atom. The van der Waals surface area contributed by atoms with Gasteiger partial charge in [-0.1, -0.05) is 42.1 Å². The van der Waals surface area contributed by atoms with Crippen LogP contribution in [0.3, 0.4) is 0 Å². The number of nitrogens with zero attached hydrogens (tertiary/aromatic N) is 1. The van der Waals surface area contributed by atoms with E-state index in [2.05, 4.69) is 4.98 Å². The lowest BCUT2D eigenvalue weighted by atomic mass is 10.1. The summed E-state index contributed by atoms with van der Waals surface area (Å²) < 4.78 is 0. The van der Waals surface area contributed by atoms with Gasteiger partial charge in [0.05, 0.1) is 4.90 Å². The zero-order valence-corrected chi connectivity index (χ0v) is 10.4. The maximum atomic E-state index is 10.0. The van der Waals surface area contributed by atoms with Gasteiger partial charge in [-0.2, -0.15) is 0 Å². The Hall–Kier alpha value is -2.00. The van der Waals surface area contributed by atoms with E-state index in [0.717, 1.165) is 20.6 Å². The van der Waals surface area contributed by atoms with Gasteiger partial charge < -0.3 is 5.11 Å². The summed E-state index contributed by atoms with van der Waals surface area (Å²) in [6.45, 7) is 0. The molecule has 2 aromatic carbocycles. The van der Waals surface area contributed by atoms with E-state index in [0.29, 0.717) is 5.75 Å². The number of fused-ring (bicyclic) bond motifs is 1. The third kappa shape index (κ3) is 2.05. The molecule has 1 aromatic heterocycles. The molecule has 0 aliphatic rings. The number of hydrogen-bond acceptors (Lipinski definition) is 3. The molecule has 18 heavy (non-hydrogen) atoms. The number of phenols is 1. The van der Waals surface area contributed by atoms with Gasteiger partial charge in [-0.15, -0.1) is 0 Å². The summed E-state index contributed by atoms with van der Waals surface area (Å²) in [5, 5.41) is 12.2. The van der Waals surface area contributed by atoms with Gasteiger partial charge in [-0.3, -0.25) is 4.98 Å². The Morgan fingerprint density at radius 1 is 0.889 bits per heavy atom. The van der Waals surface area contributed by atoms with E-state index in [1.54, 1.807) is 30.2 Å². The first kappa shape index (κ1) is 11.1. The Balaban J connectivity index is 2.13. The van der Waals surface area contributed by atoms with Gasteiger partial charge in [-0.05, 0) is 29.0 Å². The molecule has 3 rings (SSSR count). The van der Waals surface area contributed by atoms with Gasteiger partial charge in [0, 0.05) is 17.3 Å². The summed E-state index contributed by atoms with van der Waals surface area (Å²) >= 11 is 1.55. The number of pyridine rings is 1. The third-order valence-corrected chi connectivity index (χ3v) is 3.87. The summed E-state index contributed by atoms with van der Waals surface area (Å²) in [5.41, 5.74) is 0. The Morgan fingerprint density at radius 2 is 1.67 bits per heavy atom. The van der Waals surface area contributed by atoms with Crippen LogP contribution in [-0.4, -0.2) is 10.1 Å². The molecule has 3 heteroatoms. The first-order valence-electron chi connectivity index (χ1n) is 5.63. The highest BCUT2D eigenvalue weighted by atomic mass is 32.2. The lowest BCUT2D eigenvalue weighted by molar-refractivity contribution is 0.464. The minimum atomic E-state index is 0.315. The van der Waals surface area contributed by atoms with E-state index in [1.807, 2.05) is 42.5 Å². The van der Waals surface area contributed by atoms with E-state index in [-0.39, 0.29) is 0 Å². The van der Waals surface area contributed by atoms with Crippen LogP contribution in [0.25, 0.3) is 10.8 Å². The number of rotatable bonds is 2. The lowest BCUT2D eigenvalue weighted by Crippen LogP contribution is -1.80. The van der Waals surface area contributed by atoms with Crippen LogP contribution in [0.1, 0.15) is 0 Å². The zero-order valence-electron chi connectivity index (χ0n) is 9.58. The second-order valence-electron chi connectivity index (χ2n) is 3.92. The minimum absolute atomic E-state index is 0.315. The van der Waals surface area contributed by atoms with Crippen LogP contribution in [0, 0.1) is 0 Å². The van der Waals surface area contributed by atoms with Crippen molar-refractivity contribution in [2.24, 2.45) is 0 Å². The predicted octanol–water partition coefficient (Wildman–Crippen LogP) is 4.09. The Kier molecular flexibility index (Phi) is 2.90. The predicted molar refractivity (Wildman–Crippen MR) is 74.0 cm³/mol. The second kappa shape index (κ2) is 4.70. The van der Waals surface area contributed by atoms with Crippen molar-refractivity contribution in [3.8, 4) is 5.75 Å². The van der Waals surface area contributed by atoms with E-state index in [9.17, 15) is 5.11 Å². The van der Waals surface area contributed by atoms with Crippen LogP contribution < -0.4 is 0 Å². The molecule has 0 radical (unpaired) electrons. The summed E-state index contributed by atoms with van der Waals surface area (Å²) in [7, 11) is 0. The molecule has 0 saturated heterocycles. The molecule has 0 saturated carbocycles. The molecule has 0 aliphatic heterocycles. The van der Waals surface area contributed by atoms with E-state index >= 15 is 0 Å².